The van der Waals surface area contributed by atoms with Crippen LogP contribution in [0.5, 0.6) is 0 Å². The van der Waals surface area contributed by atoms with Crippen LogP contribution in [-0.4, -0.2) is 143 Å². The van der Waals surface area contributed by atoms with Gasteiger partial charge in [0, 0.05) is 39.9 Å². The number of nitrogens with one attached hydrogen (secondary N) is 7. The van der Waals surface area contributed by atoms with E-state index in [2.05, 4.69) is 37.4 Å². The number of rotatable bonds is 29. The highest BCUT2D eigenvalue weighted by atomic mass is 19.4. The molecule has 0 aromatic rings. The minimum Gasteiger partial charge on any atom is -0.475 e. The molecule has 1 saturated heterocycles. The van der Waals surface area contributed by atoms with E-state index in [0.29, 0.717) is 71.0 Å². The van der Waals surface area contributed by atoms with Crippen molar-refractivity contribution in [3.05, 3.63) is 0 Å². The average Bonchev–Trinajstić information content (AvgIpc) is 3.75. The Labute approximate surface area is 416 Å². The minimum absolute atomic E-state index is 0.00166. The smallest absolute Gasteiger partial charge is 0.475 e. The minimum atomic E-state index is -5.08. The Morgan fingerprint density at radius 1 is 0.648 bits per heavy atom. The molecule has 0 saturated carbocycles. The van der Waals surface area contributed by atoms with Gasteiger partial charge in [-0.2, -0.15) is 13.2 Å². The summed E-state index contributed by atoms with van der Waals surface area (Å²) in [5.74, 6) is -7.00. The number of hydrazine groups is 1. The zero-order valence-corrected chi connectivity index (χ0v) is 43.4. The molecule has 5 atom stereocenters. The van der Waals surface area contributed by atoms with E-state index in [1.54, 1.807) is 0 Å². The van der Waals surface area contributed by atoms with Crippen molar-refractivity contribution in [1.29, 1.82) is 0 Å². The first-order valence-electron chi connectivity index (χ1n) is 24.6. The average molecular weight is 1020 g/mol. The van der Waals surface area contributed by atoms with E-state index in [1.165, 1.54) is 23.6 Å². The number of likely N-dealkylation sites (tertiary alicyclic amines) is 1. The zero-order valence-electron chi connectivity index (χ0n) is 43.4. The van der Waals surface area contributed by atoms with Gasteiger partial charge in [0.2, 0.25) is 47.3 Å². The summed E-state index contributed by atoms with van der Waals surface area (Å²) >= 11 is 0. The van der Waals surface area contributed by atoms with Crippen LogP contribution in [0, 0.1) is 23.7 Å². The molecular weight excluding hydrogens is 938 g/mol. The molecule has 0 spiro atoms. The van der Waals surface area contributed by atoms with Crippen molar-refractivity contribution in [3.8, 4) is 0 Å². The second kappa shape index (κ2) is 33.9. The highest BCUT2D eigenvalue weighted by Gasteiger charge is 2.39. The molecule has 0 bridgehead atoms. The van der Waals surface area contributed by atoms with Crippen LogP contribution in [0.15, 0.2) is 0 Å². The molecule has 1 fully saturated rings. The summed E-state index contributed by atoms with van der Waals surface area (Å²) in [6, 6.07) is -4.86. The van der Waals surface area contributed by atoms with Crippen molar-refractivity contribution in [2.45, 2.75) is 183 Å². The number of hydrogen-bond acceptors (Lipinski definition) is 11. The number of amides is 9. The van der Waals surface area contributed by atoms with Crippen molar-refractivity contribution in [2.75, 3.05) is 32.7 Å². The Morgan fingerprint density at radius 3 is 1.61 bits per heavy atom. The third kappa shape index (κ3) is 28.8. The Morgan fingerprint density at radius 2 is 1.14 bits per heavy atom. The predicted octanol–water partition coefficient (Wildman–Crippen LogP) is 2.17. The number of carboxylic acid groups (broad SMARTS) is 1. The number of hydrogen-bond donors (Lipinski definition) is 9. The Kier molecular flexibility index (Phi) is 31.3. The maximum atomic E-state index is 14.2. The highest BCUT2D eigenvalue weighted by molar-refractivity contribution is 5.96. The number of unbranched alkanes of at least 4 members (excludes halogenated alkanes) is 3. The zero-order chi connectivity index (χ0) is 54.6. The van der Waals surface area contributed by atoms with Crippen molar-refractivity contribution in [1.82, 2.24) is 47.2 Å². The molecule has 1 aliphatic heterocycles. The Bertz CT molecular complexity index is 1750. The second-order valence-electron chi connectivity index (χ2n) is 19.6. The van der Waals surface area contributed by atoms with E-state index in [0.717, 1.165) is 0 Å². The molecule has 9 amide bonds. The fourth-order valence-electron chi connectivity index (χ4n) is 7.51. The number of carboxylic acids is 1. The standard InChI is InChI=1S/C45H82N10O9.C2HF3O2/c1-28(2)23-34(48-40(59)27-54(21-15-13-19-46)45(64)37(26-31(7)8)51-44(63)38-17-16-22-55(38)33(10)57)41(60)49-35(24-29(3)4)42(61)50-36(25-30(5)6)43(62)53-52-39(58)18-12-11-14-20-47-32(9)56;3-2(4,5)1(6)7/h28-31,34-38H,11-27,46H2,1-10H3,(H,47,56)(H,48,59)(H,49,60)(H,50,61)(H,51,63)(H,52,58)(H,53,62);(H,6,7)/t34-,35-,36-,37-,38-;/m0./s1. The molecule has 21 nitrogen and oxygen atoms in total. The van der Waals surface area contributed by atoms with Gasteiger partial charge >= 0.3 is 12.1 Å². The number of alkyl halides is 3. The number of nitrogens with two attached hydrogens (primary N) is 1. The molecule has 0 unspecified atom stereocenters. The van der Waals surface area contributed by atoms with Crippen LogP contribution in [0.3, 0.4) is 0 Å². The Hall–Kier alpha value is -5.55. The van der Waals surface area contributed by atoms with Gasteiger partial charge in [-0.1, -0.05) is 61.8 Å². The van der Waals surface area contributed by atoms with Crippen LogP contribution < -0.4 is 43.2 Å². The van der Waals surface area contributed by atoms with E-state index in [-0.39, 0.29) is 67.7 Å². The lowest BCUT2D eigenvalue weighted by atomic mass is 9.98. The molecule has 0 radical (unpaired) electrons. The SMILES string of the molecule is CC(=O)NCCCCCC(=O)NNC(=O)[C@H](CC(C)C)NC(=O)[C@H](CC(C)C)NC(=O)[C@H](CC(C)C)NC(=O)CN(CCCCN)C(=O)[C@H](CC(C)C)NC(=O)[C@@H]1CCCN1C(C)=O.O=C(O)C(F)(F)F. The van der Waals surface area contributed by atoms with Gasteiger partial charge in [-0.25, -0.2) is 4.79 Å². The van der Waals surface area contributed by atoms with Crippen molar-refractivity contribution < 1.29 is 66.2 Å². The fourth-order valence-corrected chi connectivity index (χ4v) is 7.51. The lowest BCUT2D eigenvalue weighted by Crippen LogP contribution is -2.59. The van der Waals surface area contributed by atoms with E-state index >= 15 is 0 Å². The van der Waals surface area contributed by atoms with Gasteiger partial charge in [0.15, 0.2) is 0 Å². The van der Waals surface area contributed by atoms with Gasteiger partial charge in [0.1, 0.15) is 30.2 Å². The van der Waals surface area contributed by atoms with E-state index < -0.39 is 90.2 Å². The number of aliphatic carboxylic acids is 1. The molecule has 1 heterocycles. The summed E-state index contributed by atoms with van der Waals surface area (Å²) in [6.45, 7) is 19.1. The summed E-state index contributed by atoms with van der Waals surface area (Å²) in [5, 5.41) is 21.1. The molecule has 0 aliphatic carbocycles. The summed E-state index contributed by atoms with van der Waals surface area (Å²) in [5.41, 5.74) is 10.6. The van der Waals surface area contributed by atoms with E-state index in [9.17, 15) is 56.3 Å². The van der Waals surface area contributed by atoms with Gasteiger partial charge in [0.05, 0.1) is 6.54 Å². The molecule has 24 heteroatoms. The van der Waals surface area contributed by atoms with Gasteiger partial charge in [-0.05, 0) is 94.4 Å². The quantitative estimate of drug-likeness (QED) is 0.0385. The number of carbonyl (C=O) groups excluding carboxylic acids is 9. The van der Waals surface area contributed by atoms with Crippen LogP contribution in [-0.2, 0) is 47.9 Å². The summed E-state index contributed by atoms with van der Waals surface area (Å²) < 4.78 is 31.7. The molecule has 1 aliphatic rings. The van der Waals surface area contributed by atoms with Gasteiger partial charge in [0.25, 0.3) is 5.91 Å². The normalized spacial score (nSPS) is 15.1. The lowest BCUT2D eigenvalue weighted by molar-refractivity contribution is -0.192. The maximum Gasteiger partial charge on any atom is 0.490 e. The van der Waals surface area contributed by atoms with Crippen molar-refractivity contribution in [3.63, 3.8) is 0 Å². The fraction of sp³-hybridized carbons (Fsp3) is 0.787. The van der Waals surface area contributed by atoms with Crippen LogP contribution in [0.25, 0.3) is 0 Å². The molecule has 0 aromatic carbocycles. The molecule has 10 N–H and O–H groups in total. The van der Waals surface area contributed by atoms with Gasteiger partial charge in [-0.15, -0.1) is 0 Å². The molecule has 0 aromatic heterocycles. The largest absolute Gasteiger partial charge is 0.490 e. The van der Waals surface area contributed by atoms with Gasteiger partial charge in [-0.3, -0.25) is 54.0 Å². The third-order valence-corrected chi connectivity index (χ3v) is 10.9. The molecular formula is C47H83F3N10O11. The molecule has 1 rings (SSSR count). The van der Waals surface area contributed by atoms with Gasteiger partial charge < -0.3 is 47.2 Å². The lowest BCUT2D eigenvalue weighted by Gasteiger charge is -2.31. The van der Waals surface area contributed by atoms with Crippen LogP contribution >= 0.6 is 0 Å². The summed E-state index contributed by atoms with van der Waals surface area (Å²) in [6.07, 6.45) is 0.214. The van der Waals surface area contributed by atoms with Crippen molar-refractivity contribution >= 4 is 59.1 Å². The van der Waals surface area contributed by atoms with Crippen molar-refractivity contribution in [2.24, 2.45) is 29.4 Å². The molecule has 408 valence electrons. The second-order valence-corrected chi connectivity index (χ2v) is 19.6. The summed E-state index contributed by atoms with van der Waals surface area (Å²) in [7, 11) is 0. The highest BCUT2D eigenvalue weighted by Crippen LogP contribution is 2.19. The topological polar surface area (TPSA) is 308 Å². The number of nitrogens with zero attached hydrogens (tertiary/aromatic N) is 2. The van der Waals surface area contributed by atoms with Crippen LogP contribution in [0.1, 0.15) is 146 Å². The first-order chi connectivity index (χ1) is 33.0. The predicted molar refractivity (Wildman–Crippen MR) is 258 cm³/mol. The van der Waals surface area contributed by atoms with Crippen LogP contribution in [0.4, 0.5) is 13.2 Å². The number of carbonyl (C=O) groups is 10. The van der Waals surface area contributed by atoms with E-state index in [4.69, 9.17) is 15.6 Å². The van der Waals surface area contributed by atoms with Crippen LogP contribution in [0.2, 0.25) is 0 Å². The monoisotopic (exact) mass is 1020 g/mol. The first kappa shape index (κ1) is 65.5. The maximum absolute atomic E-state index is 14.2. The third-order valence-electron chi connectivity index (χ3n) is 10.9. The molecule has 71 heavy (non-hydrogen) atoms. The Balaban J connectivity index is 0.00000647. The summed E-state index contributed by atoms with van der Waals surface area (Å²) in [4.78, 5) is 130. The number of halogens is 3. The first-order valence-corrected chi connectivity index (χ1v) is 24.6. The van der Waals surface area contributed by atoms with E-state index in [1.807, 2.05) is 55.4 Å².